The van der Waals surface area contributed by atoms with Gasteiger partial charge in [0.05, 0.1) is 11.0 Å². The Bertz CT molecular complexity index is 635. The minimum absolute atomic E-state index is 0.0579. The largest absolute Gasteiger partial charge is 0.396 e. The summed E-state index contributed by atoms with van der Waals surface area (Å²) in [6, 6.07) is 14.1. The Morgan fingerprint density at radius 2 is 1.95 bits per heavy atom. The second kappa shape index (κ2) is 7.77. The van der Waals surface area contributed by atoms with E-state index in [1.54, 1.807) is 12.1 Å². The molecule has 22 heavy (non-hydrogen) atoms. The van der Waals surface area contributed by atoms with Crippen LogP contribution in [0.5, 0.6) is 0 Å². The molecule has 2 aromatic carbocycles. The Balaban J connectivity index is 2.29. The van der Waals surface area contributed by atoms with E-state index in [0.29, 0.717) is 23.6 Å². The van der Waals surface area contributed by atoms with E-state index in [1.165, 1.54) is 6.07 Å². The van der Waals surface area contributed by atoms with Crippen LogP contribution in [0.1, 0.15) is 24.4 Å². The molecule has 116 valence electrons. The molecular weight excluding hydrogens is 304 g/mol. The molecule has 2 rings (SSSR count). The normalized spacial score (nSPS) is 11.9. The fraction of sp³-hybridized carbons (Fsp3) is 0.250. The molecule has 0 radical (unpaired) electrons. The number of nitrogens with zero attached hydrogens (tertiary/aromatic N) is 1. The minimum atomic E-state index is -0.456. The maximum absolute atomic E-state index is 11.2. The highest BCUT2D eigenvalue weighted by molar-refractivity contribution is 6.30. The Morgan fingerprint density at radius 3 is 2.59 bits per heavy atom. The van der Waals surface area contributed by atoms with Crippen LogP contribution in [0.4, 0.5) is 11.4 Å². The standard InChI is InChI=1S/C16H17ClN2O3/c17-13-8-9-15(16(11-13)19(21)22)18-14(7-4-10-20)12-5-2-1-3-6-12/h1-3,5-6,8-9,11,14,18,20H,4,7,10H2. The lowest BCUT2D eigenvalue weighted by Gasteiger charge is -2.20. The van der Waals surface area contributed by atoms with Crippen LogP contribution in [-0.2, 0) is 0 Å². The van der Waals surface area contributed by atoms with Crippen molar-refractivity contribution in [3.63, 3.8) is 0 Å². The van der Waals surface area contributed by atoms with Gasteiger partial charge in [-0.1, -0.05) is 41.9 Å². The van der Waals surface area contributed by atoms with E-state index in [9.17, 15) is 10.1 Å². The summed E-state index contributed by atoms with van der Waals surface area (Å²) in [6.07, 6.45) is 1.27. The van der Waals surface area contributed by atoms with Crippen LogP contribution in [0.3, 0.4) is 0 Å². The molecule has 0 aliphatic rings. The summed E-state index contributed by atoms with van der Waals surface area (Å²) in [5.41, 5.74) is 1.37. The van der Waals surface area contributed by atoms with Crippen LogP contribution >= 0.6 is 11.6 Å². The van der Waals surface area contributed by atoms with Gasteiger partial charge in [-0.05, 0) is 30.5 Å². The van der Waals surface area contributed by atoms with Crippen molar-refractivity contribution in [3.8, 4) is 0 Å². The van der Waals surface area contributed by atoms with E-state index in [0.717, 1.165) is 5.56 Å². The van der Waals surface area contributed by atoms with E-state index >= 15 is 0 Å². The molecule has 2 N–H and O–H groups in total. The zero-order valence-electron chi connectivity index (χ0n) is 11.9. The summed E-state index contributed by atoms with van der Waals surface area (Å²) in [4.78, 5) is 10.7. The molecule has 0 aliphatic heterocycles. The third-order valence-corrected chi connectivity index (χ3v) is 3.57. The van der Waals surface area contributed by atoms with E-state index in [-0.39, 0.29) is 18.3 Å². The van der Waals surface area contributed by atoms with Gasteiger partial charge in [0.1, 0.15) is 5.69 Å². The summed E-state index contributed by atoms with van der Waals surface area (Å²) in [7, 11) is 0. The van der Waals surface area contributed by atoms with Crippen LogP contribution in [0.25, 0.3) is 0 Å². The molecule has 0 fully saturated rings. The number of hydrogen-bond acceptors (Lipinski definition) is 4. The average molecular weight is 321 g/mol. The van der Waals surface area contributed by atoms with Crippen molar-refractivity contribution in [3.05, 3.63) is 69.2 Å². The number of anilines is 1. The van der Waals surface area contributed by atoms with E-state index in [4.69, 9.17) is 16.7 Å². The van der Waals surface area contributed by atoms with E-state index in [2.05, 4.69) is 5.32 Å². The molecule has 0 spiro atoms. The maximum Gasteiger partial charge on any atom is 0.293 e. The fourth-order valence-electron chi connectivity index (χ4n) is 2.27. The highest BCUT2D eigenvalue weighted by Crippen LogP contribution is 2.32. The number of nitrogens with one attached hydrogen (secondary N) is 1. The number of aliphatic hydroxyl groups excluding tert-OH is 1. The van der Waals surface area contributed by atoms with Gasteiger partial charge in [0, 0.05) is 17.7 Å². The lowest BCUT2D eigenvalue weighted by molar-refractivity contribution is -0.384. The van der Waals surface area contributed by atoms with Crippen molar-refractivity contribution in [1.29, 1.82) is 0 Å². The molecule has 0 amide bonds. The van der Waals surface area contributed by atoms with Crippen LogP contribution in [0, 0.1) is 10.1 Å². The summed E-state index contributed by atoms with van der Waals surface area (Å²) in [6.45, 7) is 0.0771. The molecule has 0 saturated heterocycles. The highest BCUT2D eigenvalue weighted by Gasteiger charge is 2.18. The van der Waals surface area contributed by atoms with Gasteiger partial charge in [0.15, 0.2) is 0 Å². The minimum Gasteiger partial charge on any atom is -0.396 e. The quantitative estimate of drug-likeness (QED) is 0.593. The van der Waals surface area contributed by atoms with Gasteiger partial charge < -0.3 is 10.4 Å². The first-order valence-electron chi connectivity index (χ1n) is 6.98. The van der Waals surface area contributed by atoms with Crippen molar-refractivity contribution in [2.24, 2.45) is 0 Å². The predicted molar refractivity (Wildman–Crippen MR) is 87.2 cm³/mol. The SMILES string of the molecule is O=[N+]([O-])c1cc(Cl)ccc1NC(CCCO)c1ccccc1. The van der Waals surface area contributed by atoms with Crippen molar-refractivity contribution >= 4 is 23.0 Å². The van der Waals surface area contributed by atoms with Crippen molar-refractivity contribution in [1.82, 2.24) is 0 Å². The molecule has 0 aromatic heterocycles. The van der Waals surface area contributed by atoms with Crippen molar-refractivity contribution < 1.29 is 10.0 Å². The molecule has 0 saturated carbocycles. The highest BCUT2D eigenvalue weighted by atomic mass is 35.5. The van der Waals surface area contributed by atoms with Gasteiger partial charge >= 0.3 is 0 Å². The number of benzene rings is 2. The predicted octanol–water partition coefficient (Wildman–Crippen LogP) is 4.17. The van der Waals surface area contributed by atoms with Gasteiger partial charge in [0.25, 0.3) is 5.69 Å². The van der Waals surface area contributed by atoms with Crippen LogP contribution in [-0.4, -0.2) is 16.6 Å². The first-order chi connectivity index (χ1) is 10.6. The third kappa shape index (κ3) is 4.19. The molecular formula is C16H17ClN2O3. The summed E-state index contributed by atoms with van der Waals surface area (Å²) in [5.74, 6) is 0. The Morgan fingerprint density at radius 1 is 1.23 bits per heavy atom. The van der Waals surface area contributed by atoms with E-state index < -0.39 is 4.92 Å². The first kappa shape index (κ1) is 16.3. The lowest BCUT2D eigenvalue weighted by atomic mass is 10.0. The van der Waals surface area contributed by atoms with Crippen molar-refractivity contribution in [2.75, 3.05) is 11.9 Å². The molecule has 6 heteroatoms. The number of halogens is 1. The fourth-order valence-corrected chi connectivity index (χ4v) is 2.43. The maximum atomic E-state index is 11.2. The van der Waals surface area contributed by atoms with E-state index in [1.807, 2.05) is 30.3 Å². The molecule has 1 atom stereocenters. The summed E-state index contributed by atoms with van der Waals surface area (Å²) < 4.78 is 0. The summed E-state index contributed by atoms with van der Waals surface area (Å²) in [5, 5.41) is 23.7. The van der Waals surface area contributed by atoms with Gasteiger partial charge in [-0.2, -0.15) is 0 Å². The number of nitro groups is 1. The lowest BCUT2D eigenvalue weighted by Crippen LogP contribution is -2.12. The number of nitro benzene ring substituents is 1. The topological polar surface area (TPSA) is 75.4 Å². The molecule has 2 aromatic rings. The van der Waals surface area contributed by atoms with Crippen molar-refractivity contribution in [2.45, 2.75) is 18.9 Å². The molecule has 0 aliphatic carbocycles. The Kier molecular flexibility index (Phi) is 5.75. The Labute approximate surface area is 133 Å². The second-order valence-electron chi connectivity index (χ2n) is 4.89. The van der Waals surface area contributed by atoms with Crippen LogP contribution < -0.4 is 5.32 Å². The van der Waals surface area contributed by atoms with Gasteiger partial charge in [-0.3, -0.25) is 10.1 Å². The molecule has 1 unspecified atom stereocenters. The van der Waals surface area contributed by atoms with Crippen LogP contribution in [0.15, 0.2) is 48.5 Å². The summed E-state index contributed by atoms with van der Waals surface area (Å²) >= 11 is 5.83. The van der Waals surface area contributed by atoms with Gasteiger partial charge in [-0.25, -0.2) is 0 Å². The number of hydrogen-bond donors (Lipinski definition) is 2. The van der Waals surface area contributed by atoms with Crippen LogP contribution in [0.2, 0.25) is 5.02 Å². The zero-order chi connectivity index (χ0) is 15.9. The second-order valence-corrected chi connectivity index (χ2v) is 5.33. The number of rotatable bonds is 7. The third-order valence-electron chi connectivity index (χ3n) is 3.34. The first-order valence-corrected chi connectivity index (χ1v) is 7.36. The Hall–Kier alpha value is -2.11. The van der Waals surface area contributed by atoms with Gasteiger partial charge in [0.2, 0.25) is 0 Å². The average Bonchev–Trinajstić information content (AvgIpc) is 2.53. The monoisotopic (exact) mass is 320 g/mol. The molecule has 0 heterocycles. The molecule has 5 nitrogen and oxygen atoms in total. The van der Waals surface area contributed by atoms with Gasteiger partial charge in [-0.15, -0.1) is 0 Å². The number of aliphatic hydroxyl groups is 1. The molecule has 0 bridgehead atoms. The smallest absolute Gasteiger partial charge is 0.293 e. The zero-order valence-corrected chi connectivity index (χ0v) is 12.7.